The van der Waals surface area contributed by atoms with Crippen LogP contribution in [-0.4, -0.2) is 24.2 Å². The zero-order valence-corrected chi connectivity index (χ0v) is 10.0. The molecule has 0 spiro atoms. The Bertz CT molecular complexity index is 339. The summed E-state index contributed by atoms with van der Waals surface area (Å²) in [6, 6.07) is 5.03. The Morgan fingerprint density at radius 1 is 1.60 bits per heavy atom. The molecule has 2 N–H and O–H groups in total. The van der Waals surface area contributed by atoms with Crippen molar-refractivity contribution in [2.75, 3.05) is 13.2 Å². The van der Waals surface area contributed by atoms with Gasteiger partial charge in [-0.05, 0) is 28.1 Å². The van der Waals surface area contributed by atoms with E-state index in [1.807, 2.05) is 0 Å². The predicted octanol–water partition coefficient (Wildman–Crippen LogP) is 1.76. The van der Waals surface area contributed by atoms with Crippen LogP contribution in [-0.2, 0) is 4.84 Å². The summed E-state index contributed by atoms with van der Waals surface area (Å²) in [5, 5.41) is 8.78. The molecular weight excluding hydrogens is 285 g/mol. The van der Waals surface area contributed by atoms with E-state index < -0.39 is 5.91 Å². The van der Waals surface area contributed by atoms with Gasteiger partial charge in [0.25, 0.3) is 5.91 Å². The van der Waals surface area contributed by atoms with Gasteiger partial charge in [-0.15, -0.1) is 0 Å². The highest BCUT2D eigenvalue weighted by atomic mass is 79.9. The van der Waals surface area contributed by atoms with Gasteiger partial charge in [0, 0.05) is 4.47 Å². The number of hydroxylamine groups is 1. The fraction of sp³-hybridized carbons (Fsp3) is 0.222. The molecular formula is C9H9BrClNO3. The third-order valence-electron chi connectivity index (χ3n) is 1.55. The summed E-state index contributed by atoms with van der Waals surface area (Å²) in [5.74, 6) is -0.457. The van der Waals surface area contributed by atoms with Crippen LogP contribution in [0.3, 0.4) is 0 Å². The van der Waals surface area contributed by atoms with Crippen molar-refractivity contribution in [2.45, 2.75) is 0 Å². The van der Waals surface area contributed by atoms with Crippen LogP contribution in [0, 0.1) is 0 Å². The summed E-state index contributed by atoms with van der Waals surface area (Å²) in [6.45, 7) is -0.127. The number of hydrogen-bond acceptors (Lipinski definition) is 3. The molecule has 0 atom stereocenters. The van der Waals surface area contributed by atoms with E-state index in [0.29, 0.717) is 15.1 Å². The molecule has 1 amide bonds. The lowest BCUT2D eigenvalue weighted by Crippen LogP contribution is -2.25. The second-order valence-corrected chi connectivity index (χ2v) is 3.86. The number of aliphatic hydroxyl groups excluding tert-OH is 1. The van der Waals surface area contributed by atoms with Gasteiger partial charge in [0.05, 0.1) is 23.8 Å². The Morgan fingerprint density at radius 2 is 2.33 bits per heavy atom. The van der Waals surface area contributed by atoms with Crippen molar-refractivity contribution in [1.82, 2.24) is 5.48 Å². The van der Waals surface area contributed by atoms with Gasteiger partial charge in [-0.1, -0.05) is 17.7 Å². The van der Waals surface area contributed by atoms with E-state index in [2.05, 4.69) is 26.2 Å². The standard InChI is InChI=1S/C9H9BrClNO3/c10-6-2-1-3-7(11)8(6)9(14)12-15-5-4-13/h1-3,13H,4-5H2,(H,12,14). The Kier molecular flexibility index (Phi) is 5.04. The highest BCUT2D eigenvalue weighted by Crippen LogP contribution is 2.24. The summed E-state index contributed by atoms with van der Waals surface area (Å²) >= 11 is 9.05. The molecule has 0 heterocycles. The Hall–Kier alpha value is -0.620. The van der Waals surface area contributed by atoms with Crippen LogP contribution in [0.25, 0.3) is 0 Å². The summed E-state index contributed by atoms with van der Waals surface area (Å²) < 4.78 is 0.583. The fourth-order valence-electron chi connectivity index (χ4n) is 0.928. The van der Waals surface area contributed by atoms with E-state index in [1.165, 1.54) is 0 Å². The zero-order valence-electron chi connectivity index (χ0n) is 7.67. The van der Waals surface area contributed by atoms with Crippen LogP contribution in [0.1, 0.15) is 10.4 Å². The molecule has 1 aromatic rings. The first-order chi connectivity index (χ1) is 7.16. The molecule has 82 valence electrons. The molecule has 1 aromatic carbocycles. The lowest BCUT2D eigenvalue weighted by atomic mass is 10.2. The number of carbonyl (C=O) groups is 1. The first-order valence-corrected chi connectivity index (χ1v) is 5.31. The maximum absolute atomic E-state index is 11.5. The number of rotatable bonds is 4. The molecule has 0 unspecified atom stereocenters. The molecule has 0 radical (unpaired) electrons. The number of carbonyl (C=O) groups excluding carboxylic acids is 1. The molecule has 4 nitrogen and oxygen atoms in total. The molecule has 0 saturated heterocycles. The van der Waals surface area contributed by atoms with Crippen LogP contribution in [0.4, 0.5) is 0 Å². The van der Waals surface area contributed by atoms with Crippen molar-refractivity contribution in [3.05, 3.63) is 33.3 Å². The van der Waals surface area contributed by atoms with Gasteiger partial charge in [0.2, 0.25) is 0 Å². The largest absolute Gasteiger partial charge is 0.394 e. The molecule has 0 aliphatic rings. The SMILES string of the molecule is O=C(NOCCO)c1c(Cl)cccc1Br. The summed E-state index contributed by atoms with van der Waals surface area (Å²) in [7, 11) is 0. The topological polar surface area (TPSA) is 58.6 Å². The van der Waals surface area contributed by atoms with Crippen LogP contribution in [0.2, 0.25) is 5.02 Å². The lowest BCUT2D eigenvalue weighted by Gasteiger charge is -2.07. The summed E-state index contributed by atoms with van der Waals surface area (Å²) in [4.78, 5) is 16.2. The second kappa shape index (κ2) is 6.07. The lowest BCUT2D eigenvalue weighted by molar-refractivity contribution is 0.0168. The maximum Gasteiger partial charge on any atom is 0.277 e. The summed E-state index contributed by atoms with van der Waals surface area (Å²) in [5.41, 5.74) is 2.47. The molecule has 6 heteroatoms. The van der Waals surface area contributed by atoms with E-state index in [9.17, 15) is 4.79 Å². The normalized spacial score (nSPS) is 10.1. The molecule has 15 heavy (non-hydrogen) atoms. The number of nitrogens with one attached hydrogen (secondary N) is 1. The Labute approximate surface area is 100 Å². The van der Waals surface area contributed by atoms with Crippen LogP contribution < -0.4 is 5.48 Å². The van der Waals surface area contributed by atoms with Crippen molar-refractivity contribution < 1.29 is 14.7 Å². The van der Waals surface area contributed by atoms with E-state index in [4.69, 9.17) is 16.7 Å². The van der Waals surface area contributed by atoms with Gasteiger partial charge in [0.1, 0.15) is 0 Å². The van der Waals surface area contributed by atoms with Gasteiger partial charge >= 0.3 is 0 Å². The first-order valence-electron chi connectivity index (χ1n) is 4.14. The van der Waals surface area contributed by atoms with Gasteiger partial charge in [-0.3, -0.25) is 9.63 Å². The van der Waals surface area contributed by atoms with Crippen molar-refractivity contribution in [3.63, 3.8) is 0 Å². The average Bonchev–Trinajstić information content (AvgIpc) is 2.18. The average molecular weight is 295 g/mol. The molecule has 0 aliphatic heterocycles. The van der Waals surface area contributed by atoms with E-state index >= 15 is 0 Å². The Morgan fingerprint density at radius 3 is 2.93 bits per heavy atom. The van der Waals surface area contributed by atoms with Crippen molar-refractivity contribution in [1.29, 1.82) is 0 Å². The highest BCUT2D eigenvalue weighted by molar-refractivity contribution is 9.10. The second-order valence-electron chi connectivity index (χ2n) is 2.60. The van der Waals surface area contributed by atoms with E-state index in [1.54, 1.807) is 18.2 Å². The Balaban J connectivity index is 2.73. The number of benzene rings is 1. The number of halogens is 2. The number of amides is 1. The molecule has 0 aromatic heterocycles. The molecule has 0 bridgehead atoms. The minimum atomic E-state index is -0.457. The third-order valence-corrected chi connectivity index (χ3v) is 2.52. The van der Waals surface area contributed by atoms with E-state index in [-0.39, 0.29) is 13.2 Å². The highest BCUT2D eigenvalue weighted by Gasteiger charge is 2.13. The maximum atomic E-state index is 11.5. The monoisotopic (exact) mass is 293 g/mol. The minimum absolute atomic E-state index is 0.0355. The minimum Gasteiger partial charge on any atom is -0.394 e. The van der Waals surface area contributed by atoms with Gasteiger partial charge in [-0.25, -0.2) is 5.48 Å². The quantitative estimate of drug-likeness (QED) is 0.657. The van der Waals surface area contributed by atoms with Crippen LogP contribution in [0.15, 0.2) is 22.7 Å². The number of aliphatic hydroxyl groups is 1. The van der Waals surface area contributed by atoms with Crippen molar-refractivity contribution in [2.24, 2.45) is 0 Å². The van der Waals surface area contributed by atoms with Gasteiger partial charge < -0.3 is 5.11 Å². The van der Waals surface area contributed by atoms with Crippen molar-refractivity contribution >= 4 is 33.4 Å². The first kappa shape index (κ1) is 12.4. The zero-order chi connectivity index (χ0) is 11.3. The van der Waals surface area contributed by atoms with Gasteiger partial charge in [-0.2, -0.15) is 0 Å². The molecule has 0 saturated carbocycles. The molecule has 0 aliphatic carbocycles. The predicted molar refractivity (Wildman–Crippen MR) is 59.7 cm³/mol. The van der Waals surface area contributed by atoms with Gasteiger partial charge in [0.15, 0.2) is 0 Å². The molecule has 1 rings (SSSR count). The number of hydrogen-bond donors (Lipinski definition) is 2. The fourth-order valence-corrected chi connectivity index (χ4v) is 1.85. The smallest absolute Gasteiger partial charge is 0.277 e. The van der Waals surface area contributed by atoms with E-state index in [0.717, 1.165) is 0 Å². The third kappa shape index (κ3) is 3.46. The van der Waals surface area contributed by atoms with Crippen LogP contribution >= 0.6 is 27.5 Å². The van der Waals surface area contributed by atoms with Crippen LogP contribution in [0.5, 0.6) is 0 Å². The van der Waals surface area contributed by atoms with Crippen molar-refractivity contribution in [3.8, 4) is 0 Å². The summed E-state index contributed by atoms with van der Waals surface area (Å²) in [6.07, 6.45) is 0. The molecule has 0 fully saturated rings.